The van der Waals surface area contributed by atoms with Crippen molar-refractivity contribution in [2.75, 3.05) is 25.5 Å². The van der Waals surface area contributed by atoms with Crippen LogP contribution in [-0.2, 0) is 4.79 Å². The summed E-state index contributed by atoms with van der Waals surface area (Å²) in [5.41, 5.74) is 1.87. The normalized spacial score (nSPS) is 30.1. The van der Waals surface area contributed by atoms with E-state index in [2.05, 4.69) is 33.2 Å². The van der Waals surface area contributed by atoms with Crippen LogP contribution in [0, 0.1) is 5.92 Å². The van der Waals surface area contributed by atoms with Crippen LogP contribution in [-0.4, -0.2) is 42.2 Å². The van der Waals surface area contributed by atoms with Crippen LogP contribution in [0.5, 0.6) is 0 Å². The van der Waals surface area contributed by atoms with E-state index in [0.29, 0.717) is 0 Å². The fourth-order valence-corrected chi connectivity index (χ4v) is 3.70. The number of carboxylic acid groups (broad SMARTS) is 1. The Morgan fingerprint density at radius 3 is 3.05 bits per heavy atom. The lowest BCUT2D eigenvalue weighted by atomic mass is 9.74. The number of carboxylic acids is 1. The molecule has 3 atom stereocenters. The van der Waals surface area contributed by atoms with Crippen molar-refractivity contribution in [3.63, 3.8) is 0 Å². The first-order valence-electron chi connectivity index (χ1n) is 6.53. The summed E-state index contributed by atoms with van der Waals surface area (Å²) in [6, 6.07) is 6.10. The average Bonchev–Trinajstić information content (AvgIpc) is 2.35. The van der Waals surface area contributed by atoms with Gasteiger partial charge in [-0.05, 0) is 37.7 Å². The summed E-state index contributed by atoms with van der Waals surface area (Å²) in [7, 11) is 2.06. The summed E-state index contributed by atoms with van der Waals surface area (Å²) in [4.78, 5) is 13.9. The molecule has 1 aromatic carbocycles. The Bertz CT molecular complexity index is 520. The van der Waals surface area contributed by atoms with Gasteiger partial charge in [0.2, 0.25) is 0 Å². The van der Waals surface area contributed by atoms with Gasteiger partial charge in [0, 0.05) is 28.7 Å². The third-order valence-electron chi connectivity index (χ3n) is 4.25. The van der Waals surface area contributed by atoms with E-state index in [4.69, 9.17) is 0 Å². The molecule has 0 radical (unpaired) electrons. The second-order valence-corrected chi connectivity index (χ2v) is 6.43. The second-order valence-electron chi connectivity index (χ2n) is 5.51. The molecule has 2 aliphatic rings. The van der Waals surface area contributed by atoms with Crippen LogP contribution < -0.4 is 5.32 Å². The van der Waals surface area contributed by atoms with Crippen molar-refractivity contribution >= 4 is 27.6 Å². The first kappa shape index (κ1) is 12.9. The molecule has 0 saturated carbocycles. The van der Waals surface area contributed by atoms with Gasteiger partial charge in [-0.3, -0.25) is 4.79 Å². The number of nitrogens with zero attached hydrogens (tertiary/aromatic N) is 1. The summed E-state index contributed by atoms with van der Waals surface area (Å²) < 4.78 is 0.981. The van der Waals surface area contributed by atoms with Crippen LogP contribution in [0.3, 0.4) is 0 Å². The molecular weight excluding hydrogens is 308 g/mol. The minimum Gasteiger partial charge on any atom is -0.481 e. The lowest BCUT2D eigenvalue weighted by Gasteiger charge is -2.44. The van der Waals surface area contributed by atoms with Gasteiger partial charge >= 0.3 is 5.97 Å². The standard InChI is InChI=1S/C14H17BrN2O2/c1-17-5-4-11-10(7-17)13(14(18)19)9-3-2-8(15)6-12(9)16-11/h2-3,6,10-11,13,16H,4-5,7H2,1H3,(H,18,19). The highest BCUT2D eigenvalue weighted by molar-refractivity contribution is 9.10. The minimum atomic E-state index is -0.713. The predicted octanol–water partition coefficient (Wildman–Crippen LogP) is 2.36. The van der Waals surface area contributed by atoms with Crippen molar-refractivity contribution < 1.29 is 9.90 Å². The number of hydrogen-bond acceptors (Lipinski definition) is 3. The van der Waals surface area contributed by atoms with E-state index in [-0.39, 0.29) is 12.0 Å². The summed E-state index contributed by atoms with van der Waals surface area (Å²) >= 11 is 3.45. The number of hydrogen-bond donors (Lipinski definition) is 2. The van der Waals surface area contributed by atoms with Crippen molar-refractivity contribution in [1.82, 2.24) is 4.90 Å². The van der Waals surface area contributed by atoms with Gasteiger partial charge in [-0.15, -0.1) is 0 Å². The Labute approximate surface area is 120 Å². The van der Waals surface area contributed by atoms with Crippen LogP contribution >= 0.6 is 15.9 Å². The number of anilines is 1. The number of rotatable bonds is 1. The van der Waals surface area contributed by atoms with Gasteiger partial charge in [0.15, 0.2) is 0 Å². The minimum absolute atomic E-state index is 0.143. The van der Waals surface area contributed by atoms with Crippen molar-refractivity contribution in [3.05, 3.63) is 28.2 Å². The van der Waals surface area contributed by atoms with Crippen molar-refractivity contribution in [2.45, 2.75) is 18.4 Å². The van der Waals surface area contributed by atoms with Crippen LogP contribution in [0.2, 0.25) is 0 Å². The van der Waals surface area contributed by atoms with E-state index < -0.39 is 11.9 Å². The predicted molar refractivity (Wildman–Crippen MR) is 77.5 cm³/mol. The van der Waals surface area contributed by atoms with Gasteiger partial charge in [-0.1, -0.05) is 22.0 Å². The Morgan fingerprint density at radius 2 is 2.32 bits per heavy atom. The largest absolute Gasteiger partial charge is 0.481 e. The molecule has 1 saturated heterocycles. The number of nitrogens with one attached hydrogen (secondary N) is 1. The van der Waals surface area contributed by atoms with E-state index in [9.17, 15) is 9.90 Å². The molecule has 1 aromatic rings. The number of halogens is 1. The van der Waals surface area contributed by atoms with Crippen LogP contribution in [0.1, 0.15) is 17.9 Å². The zero-order valence-corrected chi connectivity index (χ0v) is 12.4. The van der Waals surface area contributed by atoms with Gasteiger partial charge in [0.25, 0.3) is 0 Å². The second kappa shape index (κ2) is 4.80. The number of piperidine rings is 1. The Morgan fingerprint density at radius 1 is 1.53 bits per heavy atom. The quantitative estimate of drug-likeness (QED) is 0.832. The van der Waals surface area contributed by atoms with Crippen molar-refractivity contribution in [1.29, 1.82) is 0 Å². The maximum absolute atomic E-state index is 11.7. The van der Waals surface area contributed by atoms with Gasteiger partial charge in [-0.25, -0.2) is 0 Å². The zero-order valence-electron chi connectivity index (χ0n) is 10.8. The molecule has 0 spiro atoms. The topological polar surface area (TPSA) is 52.6 Å². The Kier molecular flexibility index (Phi) is 3.27. The molecule has 3 unspecified atom stereocenters. The molecule has 2 aliphatic heterocycles. The average molecular weight is 325 g/mol. The highest BCUT2D eigenvalue weighted by Crippen LogP contribution is 2.42. The molecule has 0 amide bonds. The van der Waals surface area contributed by atoms with E-state index in [1.807, 2.05) is 18.2 Å². The third kappa shape index (κ3) is 2.25. The molecule has 0 bridgehead atoms. The monoisotopic (exact) mass is 324 g/mol. The van der Waals surface area contributed by atoms with Crippen LogP contribution in [0.4, 0.5) is 5.69 Å². The number of benzene rings is 1. The summed E-state index contributed by atoms with van der Waals surface area (Å²) in [5, 5.41) is 13.1. The van der Waals surface area contributed by atoms with Gasteiger partial charge in [-0.2, -0.15) is 0 Å². The first-order valence-corrected chi connectivity index (χ1v) is 7.33. The van der Waals surface area contributed by atoms with Crippen LogP contribution in [0.25, 0.3) is 0 Å². The molecule has 3 rings (SSSR count). The SMILES string of the molecule is CN1CCC2Nc3cc(Br)ccc3C(C(=O)O)C2C1. The highest BCUT2D eigenvalue weighted by Gasteiger charge is 2.42. The molecule has 2 heterocycles. The number of fused-ring (bicyclic) bond motifs is 2. The molecule has 19 heavy (non-hydrogen) atoms. The van der Waals surface area contributed by atoms with E-state index >= 15 is 0 Å². The number of likely N-dealkylation sites (tertiary alicyclic amines) is 1. The van der Waals surface area contributed by atoms with Gasteiger partial charge < -0.3 is 15.3 Å². The molecule has 4 nitrogen and oxygen atoms in total. The smallest absolute Gasteiger partial charge is 0.311 e. The van der Waals surface area contributed by atoms with Gasteiger partial charge in [0.05, 0.1) is 5.92 Å². The fourth-order valence-electron chi connectivity index (χ4n) is 3.34. The molecule has 5 heteroatoms. The molecule has 0 aromatic heterocycles. The third-order valence-corrected chi connectivity index (χ3v) is 4.74. The Balaban J connectivity index is 2.04. The van der Waals surface area contributed by atoms with E-state index in [1.165, 1.54) is 0 Å². The summed E-state index contributed by atoms with van der Waals surface area (Å²) in [6.45, 7) is 1.86. The molecule has 102 valence electrons. The van der Waals surface area contributed by atoms with E-state index in [0.717, 1.165) is 35.2 Å². The molecule has 1 fully saturated rings. The van der Waals surface area contributed by atoms with Crippen LogP contribution in [0.15, 0.2) is 22.7 Å². The van der Waals surface area contributed by atoms with Crippen molar-refractivity contribution in [2.24, 2.45) is 5.92 Å². The Hall–Kier alpha value is -1.07. The zero-order chi connectivity index (χ0) is 13.6. The fraction of sp³-hybridized carbons (Fsp3) is 0.500. The van der Waals surface area contributed by atoms with Gasteiger partial charge in [0.1, 0.15) is 0 Å². The molecular formula is C14H17BrN2O2. The first-order chi connectivity index (χ1) is 9.06. The molecule has 0 aliphatic carbocycles. The number of aliphatic carboxylic acids is 1. The van der Waals surface area contributed by atoms with E-state index in [1.54, 1.807) is 0 Å². The summed E-state index contributed by atoms with van der Waals surface area (Å²) in [5.74, 6) is -0.975. The maximum atomic E-state index is 11.7. The maximum Gasteiger partial charge on any atom is 0.311 e. The summed E-state index contributed by atoms with van der Waals surface area (Å²) in [6.07, 6.45) is 0.997. The molecule has 2 N–H and O–H groups in total. The lowest BCUT2D eigenvalue weighted by molar-refractivity contribution is -0.141. The highest BCUT2D eigenvalue weighted by atomic mass is 79.9. The lowest BCUT2D eigenvalue weighted by Crippen LogP contribution is -2.51. The van der Waals surface area contributed by atoms with Crippen molar-refractivity contribution in [3.8, 4) is 0 Å². The number of carbonyl (C=O) groups is 1.